The second-order valence-electron chi connectivity index (χ2n) is 7.30. The van der Waals surface area contributed by atoms with Crippen LogP contribution in [0.2, 0.25) is 0 Å². The number of benzene rings is 2. The molecule has 1 N–H and O–H groups in total. The molecule has 0 heterocycles. The first-order valence-electron chi connectivity index (χ1n) is 8.86. The molecule has 0 aliphatic heterocycles. The Hall–Kier alpha value is -2.24. The van der Waals surface area contributed by atoms with Crippen molar-refractivity contribution in [3.8, 4) is 0 Å². The van der Waals surface area contributed by atoms with Gasteiger partial charge in [-0.1, -0.05) is 49.0 Å². The van der Waals surface area contributed by atoms with Crippen molar-refractivity contribution in [1.29, 1.82) is 0 Å². The molecular formula is C22H27NO3S. The molecule has 2 aromatic carbocycles. The number of esters is 1. The quantitative estimate of drug-likeness (QED) is 0.564. The maximum Gasteiger partial charge on any atom is 0.338 e. The molecule has 0 saturated heterocycles. The number of carbonyl (C=O) groups is 1. The van der Waals surface area contributed by atoms with Gasteiger partial charge < -0.3 is 4.74 Å². The van der Waals surface area contributed by atoms with Crippen LogP contribution >= 0.6 is 0 Å². The van der Waals surface area contributed by atoms with Crippen LogP contribution in [0.4, 0.5) is 0 Å². The molecule has 0 saturated carbocycles. The summed E-state index contributed by atoms with van der Waals surface area (Å²) >= 11 is 0. The Labute approximate surface area is 164 Å². The van der Waals surface area contributed by atoms with Crippen molar-refractivity contribution in [1.82, 2.24) is 4.72 Å². The zero-order valence-electron chi connectivity index (χ0n) is 16.3. The molecule has 0 aromatic heterocycles. The highest BCUT2D eigenvalue weighted by Crippen LogP contribution is 2.26. The van der Waals surface area contributed by atoms with Crippen LogP contribution in [0.1, 0.15) is 48.3 Å². The molecule has 144 valence electrons. The van der Waals surface area contributed by atoms with E-state index < -0.39 is 33.8 Å². The van der Waals surface area contributed by atoms with E-state index in [1.54, 1.807) is 30.3 Å². The van der Waals surface area contributed by atoms with Crippen LogP contribution in [0, 0.1) is 6.92 Å². The number of carbonyl (C=O) groups excluding carboxylic acids is 1. The maximum atomic E-state index is 12.8. The lowest BCUT2D eigenvalue weighted by Crippen LogP contribution is -2.41. The van der Waals surface area contributed by atoms with Crippen LogP contribution in [-0.4, -0.2) is 21.0 Å². The molecular weight excluding hydrogens is 358 g/mol. The first-order valence-corrected chi connectivity index (χ1v) is 10.0. The van der Waals surface area contributed by atoms with E-state index in [-0.39, 0.29) is 0 Å². The maximum absolute atomic E-state index is 12.8. The molecule has 0 spiro atoms. The minimum atomic E-state index is -1.35. The molecule has 0 bridgehead atoms. The summed E-state index contributed by atoms with van der Waals surface area (Å²) in [5.41, 5.74) is 2.40. The van der Waals surface area contributed by atoms with E-state index in [9.17, 15) is 9.00 Å². The lowest BCUT2D eigenvalue weighted by atomic mass is 9.97. The molecule has 0 radical (unpaired) electrons. The molecule has 0 amide bonds. The van der Waals surface area contributed by atoms with Crippen LogP contribution in [0.3, 0.4) is 0 Å². The van der Waals surface area contributed by atoms with E-state index in [2.05, 4.69) is 11.3 Å². The molecule has 0 aliphatic rings. The minimum Gasteiger partial charge on any atom is -0.452 e. The Balaban J connectivity index is 2.35. The molecule has 2 aromatic rings. The molecule has 27 heavy (non-hydrogen) atoms. The topological polar surface area (TPSA) is 55.4 Å². The first-order chi connectivity index (χ1) is 12.7. The summed E-state index contributed by atoms with van der Waals surface area (Å²) in [6.45, 7) is 11.5. The second-order valence-corrected chi connectivity index (χ2v) is 9.30. The highest BCUT2D eigenvalue weighted by molar-refractivity contribution is 7.84. The smallest absolute Gasteiger partial charge is 0.338 e. The normalized spacial score (nSPS) is 14.8. The predicted octanol–water partition coefficient (Wildman–Crippen LogP) is 4.50. The standard InChI is InChI=1S/C22H27NO3S/c1-6-19(26-21(24)17-13-8-7-9-14-17)20(23-27(25)22(3,4)5)18-15-11-10-12-16(18)2/h6-15,19-20,23H,1H2,2-5H3/t19-,20+,27?/m1/s1. The van der Waals surface area contributed by atoms with Crippen LogP contribution < -0.4 is 4.72 Å². The zero-order valence-corrected chi connectivity index (χ0v) is 17.1. The van der Waals surface area contributed by atoms with Crippen molar-refractivity contribution in [2.45, 2.75) is 44.6 Å². The van der Waals surface area contributed by atoms with Gasteiger partial charge in [0.1, 0.15) is 6.10 Å². The van der Waals surface area contributed by atoms with E-state index in [1.165, 1.54) is 0 Å². The third-order valence-corrected chi connectivity index (χ3v) is 5.71. The van der Waals surface area contributed by atoms with E-state index in [0.717, 1.165) is 11.1 Å². The van der Waals surface area contributed by atoms with Gasteiger partial charge in [0, 0.05) is 0 Å². The Bertz CT molecular complexity index is 812. The number of ether oxygens (including phenoxy) is 1. The Morgan fingerprint density at radius 2 is 1.70 bits per heavy atom. The minimum absolute atomic E-state index is 0.442. The molecule has 5 heteroatoms. The summed E-state index contributed by atoms with van der Waals surface area (Å²) in [5.74, 6) is -0.442. The highest BCUT2D eigenvalue weighted by atomic mass is 32.2. The average Bonchev–Trinajstić information content (AvgIpc) is 2.64. The summed E-state index contributed by atoms with van der Waals surface area (Å²) in [6, 6.07) is 16.1. The van der Waals surface area contributed by atoms with Crippen molar-refractivity contribution in [2.75, 3.05) is 0 Å². The fourth-order valence-corrected chi connectivity index (χ4v) is 3.40. The third kappa shape index (κ3) is 5.62. The van der Waals surface area contributed by atoms with E-state index in [0.29, 0.717) is 5.56 Å². The molecule has 0 fully saturated rings. The van der Waals surface area contributed by atoms with Crippen molar-refractivity contribution in [2.24, 2.45) is 0 Å². The second kappa shape index (κ2) is 9.11. The van der Waals surface area contributed by atoms with Crippen LogP contribution in [0.15, 0.2) is 67.3 Å². The molecule has 3 atom stereocenters. The van der Waals surface area contributed by atoms with Crippen LogP contribution in [0.5, 0.6) is 0 Å². The Morgan fingerprint density at radius 1 is 1.11 bits per heavy atom. The van der Waals surface area contributed by atoms with Gasteiger partial charge in [-0.3, -0.25) is 0 Å². The molecule has 2 rings (SSSR count). The van der Waals surface area contributed by atoms with Gasteiger partial charge in [-0.2, -0.15) is 0 Å². The fraction of sp³-hybridized carbons (Fsp3) is 0.318. The zero-order chi connectivity index (χ0) is 20.0. The van der Waals surface area contributed by atoms with Crippen molar-refractivity contribution in [3.63, 3.8) is 0 Å². The molecule has 4 nitrogen and oxygen atoms in total. The van der Waals surface area contributed by atoms with E-state index in [4.69, 9.17) is 4.74 Å². The highest BCUT2D eigenvalue weighted by Gasteiger charge is 2.31. The van der Waals surface area contributed by atoms with Crippen LogP contribution in [-0.2, 0) is 15.7 Å². The SMILES string of the molecule is C=C[C@@H](OC(=O)c1ccccc1)[C@@H](NS(=O)C(C)(C)C)c1ccccc1C. The molecule has 1 unspecified atom stereocenters. The fourth-order valence-electron chi connectivity index (χ4n) is 2.55. The van der Waals surface area contributed by atoms with Crippen molar-refractivity contribution in [3.05, 3.63) is 83.9 Å². The lowest BCUT2D eigenvalue weighted by molar-refractivity contribution is 0.0336. The number of aryl methyl sites for hydroxylation is 1. The first kappa shape index (κ1) is 21.1. The Morgan fingerprint density at radius 3 is 2.26 bits per heavy atom. The molecule has 0 aliphatic carbocycles. The van der Waals surface area contributed by atoms with Crippen LogP contribution in [0.25, 0.3) is 0 Å². The van der Waals surface area contributed by atoms with Crippen molar-refractivity contribution < 1.29 is 13.7 Å². The average molecular weight is 386 g/mol. The van der Waals surface area contributed by atoms with Crippen molar-refractivity contribution >= 4 is 17.0 Å². The summed E-state index contributed by atoms with van der Waals surface area (Å²) in [4.78, 5) is 12.5. The van der Waals surface area contributed by atoms with Gasteiger partial charge in [-0.25, -0.2) is 13.7 Å². The monoisotopic (exact) mass is 385 g/mol. The Kier molecular flexibility index (Phi) is 7.11. The van der Waals surface area contributed by atoms with Gasteiger partial charge in [0.25, 0.3) is 0 Å². The van der Waals surface area contributed by atoms with E-state index >= 15 is 0 Å². The number of hydrogen-bond acceptors (Lipinski definition) is 3. The van der Waals surface area contributed by atoms with Gasteiger partial charge in [0.15, 0.2) is 0 Å². The third-order valence-electron chi connectivity index (χ3n) is 4.13. The lowest BCUT2D eigenvalue weighted by Gasteiger charge is -2.30. The predicted molar refractivity (Wildman–Crippen MR) is 111 cm³/mol. The largest absolute Gasteiger partial charge is 0.452 e. The summed E-state index contributed by atoms with van der Waals surface area (Å²) < 4.78 is 21.2. The summed E-state index contributed by atoms with van der Waals surface area (Å²) in [6.07, 6.45) is 0.898. The van der Waals surface area contributed by atoms with E-state index in [1.807, 2.05) is 58.0 Å². The van der Waals surface area contributed by atoms with Gasteiger partial charge in [-0.05, 0) is 57.0 Å². The van der Waals surface area contributed by atoms with Gasteiger partial charge >= 0.3 is 5.97 Å². The summed E-state index contributed by atoms with van der Waals surface area (Å²) in [5, 5.41) is 0. The number of nitrogens with one attached hydrogen (secondary N) is 1. The number of hydrogen-bond donors (Lipinski definition) is 1. The van der Waals surface area contributed by atoms with Gasteiger partial charge in [0.05, 0.1) is 27.3 Å². The van der Waals surface area contributed by atoms with Gasteiger partial charge in [-0.15, -0.1) is 0 Å². The summed E-state index contributed by atoms with van der Waals surface area (Å²) in [7, 11) is -1.35. The van der Waals surface area contributed by atoms with Gasteiger partial charge in [0.2, 0.25) is 0 Å². The number of rotatable bonds is 7.